The Bertz CT molecular complexity index is 617. The Morgan fingerprint density at radius 1 is 1.14 bits per heavy atom. The van der Waals surface area contributed by atoms with E-state index in [2.05, 4.69) is 6.92 Å². The lowest BCUT2D eigenvalue weighted by Gasteiger charge is -2.24. The number of unbranched alkanes of at least 4 members (excludes halogenated alkanes) is 1. The molecular formula is C16H17ClN2O2. The lowest BCUT2D eigenvalue weighted by molar-refractivity contribution is -0.383. The average molecular weight is 305 g/mol. The molecule has 0 N–H and O–H groups in total. The molecular weight excluding hydrogens is 288 g/mol. The molecule has 0 unspecified atom stereocenters. The number of hydrogen-bond donors (Lipinski definition) is 0. The van der Waals surface area contributed by atoms with Crippen molar-refractivity contribution in [2.45, 2.75) is 19.8 Å². The van der Waals surface area contributed by atoms with E-state index in [-0.39, 0.29) is 10.7 Å². The molecule has 0 saturated carbocycles. The van der Waals surface area contributed by atoms with Gasteiger partial charge in [0.25, 0.3) is 0 Å². The number of halogens is 1. The molecule has 2 aromatic rings. The molecule has 0 aromatic heterocycles. The zero-order valence-corrected chi connectivity index (χ0v) is 12.6. The summed E-state index contributed by atoms with van der Waals surface area (Å²) >= 11 is 6.02. The Kier molecular flexibility index (Phi) is 5.17. The highest BCUT2D eigenvalue weighted by molar-refractivity contribution is 6.33. The lowest BCUT2D eigenvalue weighted by Crippen LogP contribution is -2.19. The molecule has 0 heterocycles. The van der Waals surface area contributed by atoms with Gasteiger partial charge >= 0.3 is 5.69 Å². The van der Waals surface area contributed by atoms with Gasteiger partial charge in [-0.25, -0.2) is 0 Å². The van der Waals surface area contributed by atoms with Gasteiger partial charge in [0.05, 0.1) is 4.92 Å². The first-order chi connectivity index (χ1) is 10.1. The van der Waals surface area contributed by atoms with Crippen molar-refractivity contribution in [1.82, 2.24) is 0 Å². The molecule has 21 heavy (non-hydrogen) atoms. The van der Waals surface area contributed by atoms with Gasteiger partial charge in [-0.2, -0.15) is 0 Å². The van der Waals surface area contributed by atoms with Crippen molar-refractivity contribution in [1.29, 1.82) is 0 Å². The summed E-state index contributed by atoms with van der Waals surface area (Å²) in [6, 6.07) is 14.7. The molecule has 0 aliphatic rings. The van der Waals surface area contributed by atoms with E-state index in [0.29, 0.717) is 12.2 Å². The molecule has 0 aliphatic carbocycles. The van der Waals surface area contributed by atoms with Crippen molar-refractivity contribution in [3.05, 3.63) is 63.7 Å². The van der Waals surface area contributed by atoms with Crippen LogP contribution in [0, 0.1) is 10.1 Å². The summed E-state index contributed by atoms with van der Waals surface area (Å²) in [7, 11) is 0. The number of benzene rings is 2. The van der Waals surface area contributed by atoms with E-state index in [9.17, 15) is 10.1 Å². The number of hydrogen-bond acceptors (Lipinski definition) is 3. The highest BCUT2D eigenvalue weighted by Gasteiger charge is 2.23. The van der Waals surface area contributed by atoms with Crippen molar-refractivity contribution in [3.63, 3.8) is 0 Å². The number of nitrogens with zero attached hydrogens (tertiary/aromatic N) is 2. The molecule has 110 valence electrons. The van der Waals surface area contributed by atoms with Crippen LogP contribution in [-0.4, -0.2) is 11.5 Å². The summed E-state index contributed by atoms with van der Waals surface area (Å²) in [6.45, 7) is 2.80. The van der Waals surface area contributed by atoms with Crippen molar-refractivity contribution < 1.29 is 4.92 Å². The molecule has 0 radical (unpaired) electrons. The van der Waals surface area contributed by atoms with Crippen molar-refractivity contribution in [2.75, 3.05) is 11.4 Å². The molecule has 0 amide bonds. The van der Waals surface area contributed by atoms with Crippen LogP contribution in [0.3, 0.4) is 0 Å². The van der Waals surface area contributed by atoms with E-state index in [4.69, 9.17) is 11.6 Å². The van der Waals surface area contributed by atoms with Crippen molar-refractivity contribution >= 4 is 28.7 Å². The zero-order valence-electron chi connectivity index (χ0n) is 11.8. The second kappa shape index (κ2) is 7.09. The Balaban J connectivity index is 2.52. The molecule has 0 bridgehead atoms. The Morgan fingerprint density at radius 2 is 1.86 bits per heavy atom. The normalized spacial score (nSPS) is 10.4. The van der Waals surface area contributed by atoms with E-state index in [1.165, 1.54) is 0 Å². The number of nitro groups is 1. The summed E-state index contributed by atoms with van der Waals surface area (Å²) in [5.74, 6) is 0. The van der Waals surface area contributed by atoms with Gasteiger partial charge in [0.2, 0.25) is 0 Å². The van der Waals surface area contributed by atoms with Gasteiger partial charge in [0.15, 0.2) is 0 Å². The fraction of sp³-hybridized carbons (Fsp3) is 0.250. The van der Waals surface area contributed by atoms with E-state index in [0.717, 1.165) is 18.5 Å². The summed E-state index contributed by atoms with van der Waals surface area (Å²) in [5.41, 5.74) is 1.42. The fourth-order valence-electron chi connectivity index (χ4n) is 2.22. The van der Waals surface area contributed by atoms with E-state index in [1.54, 1.807) is 18.2 Å². The van der Waals surface area contributed by atoms with Gasteiger partial charge in [0, 0.05) is 12.2 Å². The smallest absolute Gasteiger partial charge is 0.311 e. The van der Waals surface area contributed by atoms with Crippen LogP contribution in [0.25, 0.3) is 0 Å². The Labute approximate surface area is 129 Å². The molecule has 4 nitrogen and oxygen atoms in total. The zero-order chi connectivity index (χ0) is 15.2. The second-order valence-electron chi connectivity index (χ2n) is 4.71. The third-order valence-electron chi connectivity index (χ3n) is 3.24. The third kappa shape index (κ3) is 3.52. The highest BCUT2D eigenvalue weighted by atomic mass is 35.5. The number of anilines is 2. The quantitative estimate of drug-likeness (QED) is 0.545. The van der Waals surface area contributed by atoms with Gasteiger partial charge in [-0.15, -0.1) is 0 Å². The van der Waals surface area contributed by atoms with Crippen LogP contribution >= 0.6 is 11.6 Å². The first-order valence-electron chi connectivity index (χ1n) is 6.90. The van der Waals surface area contributed by atoms with Crippen molar-refractivity contribution in [3.8, 4) is 0 Å². The number of nitro benzene ring substituents is 1. The Morgan fingerprint density at radius 3 is 2.48 bits per heavy atom. The summed E-state index contributed by atoms with van der Waals surface area (Å²) in [5, 5.41) is 11.5. The van der Waals surface area contributed by atoms with Crippen molar-refractivity contribution in [2.24, 2.45) is 0 Å². The van der Waals surface area contributed by atoms with Crippen LogP contribution in [0.5, 0.6) is 0 Å². The molecule has 0 saturated heterocycles. The van der Waals surface area contributed by atoms with Crippen LogP contribution in [0.4, 0.5) is 17.1 Å². The Hall–Kier alpha value is -2.07. The molecule has 0 spiro atoms. The topological polar surface area (TPSA) is 46.4 Å². The lowest BCUT2D eigenvalue weighted by atomic mass is 10.2. The monoisotopic (exact) mass is 304 g/mol. The van der Waals surface area contributed by atoms with Crippen LogP contribution in [-0.2, 0) is 0 Å². The van der Waals surface area contributed by atoms with Crippen LogP contribution in [0.2, 0.25) is 5.02 Å². The standard InChI is InChI=1S/C16H17ClN2O2/c1-2-3-12-18(13-8-5-4-6-9-13)15-11-7-10-14(17)16(15)19(20)21/h4-11H,2-3,12H2,1H3. The maximum atomic E-state index is 11.3. The van der Waals surface area contributed by atoms with Gasteiger partial charge in [-0.1, -0.05) is 49.2 Å². The maximum absolute atomic E-state index is 11.3. The van der Waals surface area contributed by atoms with Gasteiger partial charge < -0.3 is 4.90 Å². The largest absolute Gasteiger partial charge is 0.336 e. The first-order valence-corrected chi connectivity index (χ1v) is 7.28. The highest BCUT2D eigenvalue weighted by Crippen LogP contribution is 2.38. The van der Waals surface area contributed by atoms with Gasteiger partial charge in [-0.3, -0.25) is 10.1 Å². The van der Waals surface area contributed by atoms with Crippen LogP contribution in [0.15, 0.2) is 48.5 Å². The molecule has 0 fully saturated rings. The van der Waals surface area contributed by atoms with Crippen LogP contribution < -0.4 is 4.90 Å². The molecule has 0 atom stereocenters. The van der Waals surface area contributed by atoms with E-state index >= 15 is 0 Å². The predicted octanol–water partition coefficient (Wildman–Crippen LogP) is 5.19. The first kappa shape index (κ1) is 15.3. The molecule has 2 rings (SSSR count). The molecule has 0 aliphatic heterocycles. The number of rotatable bonds is 6. The fourth-order valence-corrected chi connectivity index (χ4v) is 2.45. The van der Waals surface area contributed by atoms with E-state index in [1.807, 2.05) is 35.2 Å². The summed E-state index contributed by atoms with van der Waals surface area (Å²) < 4.78 is 0. The minimum Gasteiger partial charge on any atom is -0.336 e. The minimum absolute atomic E-state index is 0.0425. The summed E-state index contributed by atoms with van der Waals surface area (Å²) in [6.07, 6.45) is 1.95. The van der Waals surface area contributed by atoms with Gasteiger partial charge in [-0.05, 0) is 30.7 Å². The van der Waals surface area contributed by atoms with E-state index < -0.39 is 4.92 Å². The summed E-state index contributed by atoms with van der Waals surface area (Å²) in [4.78, 5) is 12.9. The molecule has 2 aromatic carbocycles. The van der Waals surface area contributed by atoms with Crippen LogP contribution in [0.1, 0.15) is 19.8 Å². The minimum atomic E-state index is -0.417. The number of para-hydroxylation sites is 2. The second-order valence-corrected chi connectivity index (χ2v) is 5.11. The van der Waals surface area contributed by atoms with Gasteiger partial charge in [0.1, 0.15) is 10.7 Å². The average Bonchev–Trinajstić information content (AvgIpc) is 2.48. The maximum Gasteiger partial charge on any atom is 0.311 e. The predicted molar refractivity (Wildman–Crippen MR) is 86.5 cm³/mol. The molecule has 5 heteroatoms. The third-order valence-corrected chi connectivity index (χ3v) is 3.55. The SMILES string of the molecule is CCCCN(c1ccccc1)c1cccc(Cl)c1[N+](=O)[O-].